The number of rotatable bonds is 4. The minimum atomic E-state index is 0.400. The van der Waals surface area contributed by atoms with Gasteiger partial charge in [0.25, 0.3) is 0 Å². The molecule has 0 spiro atoms. The second kappa shape index (κ2) is 5.66. The summed E-state index contributed by atoms with van der Waals surface area (Å²) in [7, 11) is 1.95. The highest BCUT2D eigenvalue weighted by Crippen LogP contribution is 2.24. The fraction of sp³-hybridized carbons (Fsp3) is 0.400. The molecule has 0 radical (unpaired) electrons. The topological polar surface area (TPSA) is 21.1 Å². The van der Waals surface area contributed by atoms with Crippen LogP contribution in [0.5, 0.6) is 0 Å². The average Bonchev–Trinajstić information content (AvgIpc) is 2.68. The summed E-state index contributed by atoms with van der Waals surface area (Å²) in [5.41, 5.74) is 2.52. The highest BCUT2D eigenvalue weighted by Gasteiger charge is 2.16. The number of halogens is 1. The maximum Gasteiger partial charge on any atom is 0.129 e. The van der Waals surface area contributed by atoms with E-state index in [1.807, 2.05) is 11.6 Å². The van der Waals surface area contributed by atoms with Crippen LogP contribution in [0.25, 0.3) is 0 Å². The van der Waals surface area contributed by atoms with Crippen LogP contribution >= 0.6 is 11.6 Å². The van der Waals surface area contributed by atoms with Crippen LogP contribution in [-0.2, 0) is 13.6 Å². The molecular weight excluding hydrogens is 258 g/mol. The van der Waals surface area contributed by atoms with Crippen molar-refractivity contribution in [3.05, 3.63) is 47.0 Å². The zero-order valence-electron chi connectivity index (χ0n) is 11.9. The number of para-hydroxylation sites is 1. The van der Waals surface area contributed by atoms with E-state index in [2.05, 4.69) is 54.9 Å². The van der Waals surface area contributed by atoms with Gasteiger partial charge in [-0.15, -0.1) is 0 Å². The molecule has 0 aliphatic carbocycles. The normalized spacial score (nSPS) is 11.1. The molecule has 1 aromatic heterocycles. The molecule has 0 saturated heterocycles. The van der Waals surface area contributed by atoms with E-state index in [0.717, 1.165) is 12.4 Å². The van der Waals surface area contributed by atoms with Gasteiger partial charge in [0.15, 0.2) is 0 Å². The van der Waals surface area contributed by atoms with Crippen molar-refractivity contribution >= 4 is 17.3 Å². The lowest BCUT2D eigenvalue weighted by Gasteiger charge is -2.30. The number of aryl methyl sites for hydroxylation is 1. The number of anilines is 1. The second-order valence-corrected chi connectivity index (χ2v) is 5.45. The maximum absolute atomic E-state index is 6.05. The third-order valence-electron chi connectivity index (χ3n) is 3.39. The van der Waals surface area contributed by atoms with E-state index < -0.39 is 0 Å². The molecule has 1 heterocycles. The SMILES string of the molecule is Cc1ccccc1N(Cc1ncc(Cl)n1C)C(C)C. The van der Waals surface area contributed by atoms with E-state index in [1.165, 1.54) is 11.3 Å². The van der Waals surface area contributed by atoms with Crippen LogP contribution in [0.2, 0.25) is 5.15 Å². The Balaban J connectivity index is 2.32. The zero-order chi connectivity index (χ0) is 14.0. The van der Waals surface area contributed by atoms with E-state index in [4.69, 9.17) is 11.6 Å². The fourth-order valence-corrected chi connectivity index (χ4v) is 2.30. The van der Waals surface area contributed by atoms with Crippen molar-refractivity contribution in [2.45, 2.75) is 33.4 Å². The first kappa shape index (κ1) is 13.9. The third-order valence-corrected chi connectivity index (χ3v) is 3.74. The number of hydrogen-bond donors (Lipinski definition) is 0. The summed E-state index contributed by atoms with van der Waals surface area (Å²) in [5, 5.41) is 0.670. The Bertz CT molecular complexity index is 560. The molecule has 0 aliphatic heterocycles. The summed E-state index contributed by atoms with van der Waals surface area (Å²) in [4.78, 5) is 6.72. The summed E-state index contributed by atoms with van der Waals surface area (Å²) in [5.74, 6) is 0.974. The molecule has 0 bridgehead atoms. The first-order valence-electron chi connectivity index (χ1n) is 6.49. The molecule has 1 aromatic carbocycles. The lowest BCUT2D eigenvalue weighted by Crippen LogP contribution is -2.31. The lowest BCUT2D eigenvalue weighted by atomic mass is 10.1. The molecule has 0 aliphatic rings. The van der Waals surface area contributed by atoms with Gasteiger partial charge in [0.1, 0.15) is 11.0 Å². The average molecular weight is 278 g/mol. The summed E-state index contributed by atoms with van der Waals surface area (Å²) in [6, 6.07) is 8.82. The van der Waals surface area contributed by atoms with E-state index in [0.29, 0.717) is 11.2 Å². The molecule has 102 valence electrons. The Kier molecular flexibility index (Phi) is 4.15. The number of benzene rings is 1. The van der Waals surface area contributed by atoms with Crippen LogP contribution in [0.15, 0.2) is 30.5 Å². The monoisotopic (exact) mass is 277 g/mol. The Labute approximate surface area is 119 Å². The standard InChI is InChI=1S/C15H20ClN3/c1-11(2)19(13-8-6-5-7-12(13)3)10-15-17-9-14(16)18(15)4/h5-9,11H,10H2,1-4H3. The summed E-state index contributed by atoms with van der Waals surface area (Å²) < 4.78 is 1.93. The molecule has 0 atom stereocenters. The molecule has 0 saturated carbocycles. The van der Waals surface area contributed by atoms with E-state index >= 15 is 0 Å². The lowest BCUT2D eigenvalue weighted by molar-refractivity contribution is 0.643. The summed E-state index contributed by atoms with van der Waals surface area (Å²) in [6.45, 7) is 7.27. The van der Waals surface area contributed by atoms with Gasteiger partial charge in [0.2, 0.25) is 0 Å². The maximum atomic E-state index is 6.05. The first-order chi connectivity index (χ1) is 9.00. The largest absolute Gasteiger partial charge is 0.361 e. The highest BCUT2D eigenvalue weighted by molar-refractivity contribution is 6.29. The Hall–Kier alpha value is -1.48. The number of nitrogens with zero attached hydrogens (tertiary/aromatic N) is 3. The first-order valence-corrected chi connectivity index (χ1v) is 6.87. The molecule has 4 heteroatoms. The van der Waals surface area contributed by atoms with Crippen molar-refractivity contribution in [1.82, 2.24) is 9.55 Å². The minimum Gasteiger partial charge on any atom is -0.361 e. The van der Waals surface area contributed by atoms with Gasteiger partial charge < -0.3 is 9.47 Å². The van der Waals surface area contributed by atoms with Crippen LogP contribution in [0.4, 0.5) is 5.69 Å². The van der Waals surface area contributed by atoms with Crippen LogP contribution in [-0.4, -0.2) is 15.6 Å². The number of aromatic nitrogens is 2. The predicted molar refractivity (Wildman–Crippen MR) is 80.7 cm³/mol. The molecule has 0 amide bonds. The van der Waals surface area contributed by atoms with Crippen molar-refractivity contribution in [2.75, 3.05) is 4.90 Å². The smallest absolute Gasteiger partial charge is 0.129 e. The van der Waals surface area contributed by atoms with Gasteiger partial charge in [-0.25, -0.2) is 4.98 Å². The molecule has 0 N–H and O–H groups in total. The van der Waals surface area contributed by atoms with Crippen LogP contribution in [0.3, 0.4) is 0 Å². The van der Waals surface area contributed by atoms with Crippen LogP contribution < -0.4 is 4.90 Å². The van der Waals surface area contributed by atoms with Gasteiger partial charge in [-0.2, -0.15) is 0 Å². The van der Waals surface area contributed by atoms with E-state index in [-0.39, 0.29) is 0 Å². The predicted octanol–water partition coefficient (Wildman–Crippen LogP) is 3.80. The van der Waals surface area contributed by atoms with Gasteiger partial charge in [-0.1, -0.05) is 29.8 Å². The third kappa shape index (κ3) is 2.92. The second-order valence-electron chi connectivity index (χ2n) is 5.06. The zero-order valence-corrected chi connectivity index (χ0v) is 12.6. The van der Waals surface area contributed by atoms with Crippen LogP contribution in [0, 0.1) is 6.92 Å². The molecule has 19 heavy (non-hydrogen) atoms. The molecule has 0 unspecified atom stereocenters. The quantitative estimate of drug-likeness (QED) is 0.848. The number of hydrogen-bond acceptors (Lipinski definition) is 2. The van der Waals surface area contributed by atoms with Crippen molar-refractivity contribution in [3.8, 4) is 0 Å². The van der Waals surface area contributed by atoms with E-state index in [1.54, 1.807) is 6.20 Å². The van der Waals surface area contributed by atoms with Crippen molar-refractivity contribution in [2.24, 2.45) is 7.05 Å². The molecule has 2 aromatic rings. The Morgan fingerprint density at radius 3 is 2.53 bits per heavy atom. The van der Waals surface area contributed by atoms with Crippen LogP contribution in [0.1, 0.15) is 25.2 Å². The minimum absolute atomic E-state index is 0.400. The highest BCUT2D eigenvalue weighted by atomic mass is 35.5. The van der Waals surface area contributed by atoms with Gasteiger partial charge in [0, 0.05) is 18.8 Å². The summed E-state index contributed by atoms with van der Waals surface area (Å²) >= 11 is 6.05. The van der Waals surface area contributed by atoms with Gasteiger partial charge in [-0.3, -0.25) is 0 Å². The Morgan fingerprint density at radius 1 is 1.32 bits per heavy atom. The molecular formula is C15H20ClN3. The van der Waals surface area contributed by atoms with Crippen molar-refractivity contribution in [3.63, 3.8) is 0 Å². The molecule has 2 rings (SSSR count). The van der Waals surface area contributed by atoms with Gasteiger partial charge >= 0.3 is 0 Å². The van der Waals surface area contributed by atoms with Crippen molar-refractivity contribution < 1.29 is 0 Å². The van der Waals surface area contributed by atoms with Crippen molar-refractivity contribution in [1.29, 1.82) is 0 Å². The van der Waals surface area contributed by atoms with Gasteiger partial charge in [0.05, 0.1) is 12.7 Å². The Morgan fingerprint density at radius 2 is 2.00 bits per heavy atom. The fourth-order valence-electron chi connectivity index (χ4n) is 2.16. The summed E-state index contributed by atoms with van der Waals surface area (Å²) in [6.07, 6.45) is 1.70. The molecule has 0 fully saturated rings. The molecule has 3 nitrogen and oxygen atoms in total. The number of imidazole rings is 1. The van der Waals surface area contributed by atoms with Gasteiger partial charge in [-0.05, 0) is 32.4 Å². The van der Waals surface area contributed by atoms with E-state index in [9.17, 15) is 0 Å².